The van der Waals surface area contributed by atoms with Crippen molar-refractivity contribution in [2.75, 3.05) is 26.3 Å². The third-order valence-corrected chi connectivity index (χ3v) is 6.44. The van der Waals surface area contributed by atoms with E-state index in [-0.39, 0.29) is 24.0 Å². The van der Waals surface area contributed by atoms with Crippen LogP contribution in [-0.2, 0) is 20.7 Å². The molecule has 36 heavy (non-hydrogen) atoms. The number of unbranched alkanes of at least 4 members (excludes halogenated alkanes) is 1. The zero-order valence-corrected chi connectivity index (χ0v) is 22.5. The minimum atomic E-state index is -0.876. The molecule has 1 saturated heterocycles. The second-order valence-corrected chi connectivity index (χ2v) is 9.56. The summed E-state index contributed by atoms with van der Waals surface area (Å²) < 4.78 is 11.8. The van der Waals surface area contributed by atoms with Crippen molar-refractivity contribution in [1.82, 2.24) is 15.5 Å². The highest BCUT2D eigenvalue weighted by Crippen LogP contribution is 2.24. The van der Waals surface area contributed by atoms with Gasteiger partial charge in [-0.25, -0.2) is 0 Å². The number of thiocarbonyl (C=S) groups is 1. The molecule has 1 atom stereocenters. The van der Waals surface area contributed by atoms with Crippen molar-refractivity contribution in [3.05, 3.63) is 64.1 Å². The highest BCUT2D eigenvalue weighted by Gasteiger charge is 2.34. The quantitative estimate of drug-likeness (QED) is 0.254. The first-order chi connectivity index (χ1) is 17.4. The molecule has 2 aromatic carbocycles. The Kier molecular flexibility index (Phi) is 10.7. The molecule has 1 fully saturated rings. The summed E-state index contributed by atoms with van der Waals surface area (Å²) >= 11 is 8.86. The lowest BCUT2D eigenvalue weighted by atomic mass is 10.1. The topological polar surface area (TPSA) is 97.0 Å². The summed E-state index contributed by atoms with van der Waals surface area (Å²) in [6.07, 6.45) is 2.23. The smallest absolute Gasteiger partial charge is 0.308 e. The second kappa shape index (κ2) is 13.9. The van der Waals surface area contributed by atoms with Gasteiger partial charge in [-0.05, 0) is 42.4 Å². The fourth-order valence-electron chi connectivity index (χ4n) is 3.67. The maximum Gasteiger partial charge on any atom is 0.308 e. The Bertz CT molecular complexity index is 1080. The first-order valence-corrected chi connectivity index (χ1v) is 13.1. The van der Waals surface area contributed by atoms with Crippen LogP contribution in [0, 0.1) is 0 Å². The van der Waals surface area contributed by atoms with Gasteiger partial charge >= 0.3 is 5.97 Å². The number of rotatable bonds is 10. The fourth-order valence-corrected chi connectivity index (χ4v) is 4.35. The zero-order chi connectivity index (χ0) is 25.9. The third-order valence-electron chi connectivity index (χ3n) is 5.61. The van der Waals surface area contributed by atoms with E-state index in [1.807, 2.05) is 30.3 Å². The minimum absolute atomic E-state index is 0.0661. The van der Waals surface area contributed by atoms with E-state index >= 15 is 0 Å². The molecular weight excluding hydrogens is 546 g/mol. The zero-order valence-electron chi connectivity index (χ0n) is 20.1. The number of amides is 2. The Hall–Kier alpha value is -2.98. The van der Waals surface area contributed by atoms with Crippen LogP contribution in [0.25, 0.3) is 0 Å². The van der Waals surface area contributed by atoms with Crippen LogP contribution < -0.4 is 15.4 Å². The van der Waals surface area contributed by atoms with E-state index in [1.54, 1.807) is 23.1 Å². The number of piperazine rings is 1. The molecule has 1 heterocycles. The molecule has 3 rings (SSSR count). The molecule has 0 bridgehead atoms. The number of benzene rings is 2. The standard InChI is InChI=1S/C26H30BrN3O5S/c1-2-3-14-34-22-10-9-19(27)16-20(22)24(32)29-26(36)30-13-12-28-25(33)21(30)17-23(31)35-15-11-18-7-5-4-6-8-18/h4-10,16,21H,2-3,11-15,17H2,1H3,(H,28,33)(H,29,32,36). The van der Waals surface area contributed by atoms with Gasteiger partial charge in [0.2, 0.25) is 5.91 Å². The number of carbonyl (C=O) groups excluding carboxylic acids is 3. The monoisotopic (exact) mass is 575 g/mol. The van der Waals surface area contributed by atoms with Crippen LogP contribution in [0.5, 0.6) is 5.75 Å². The van der Waals surface area contributed by atoms with Gasteiger partial charge in [-0.2, -0.15) is 0 Å². The third kappa shape index (κ3) is 8.03. The van der Waals surface area contributed by atoms with Crippen molar-refractivity contribution in [1.29, 1.82) is 0 Å². The molecule has 1 aliphatic heterocycles. The molecule has 0 radical (unpaired) electrons. The Morgan fingerprint density at radius 2 is 1.97 bits per heavy atom. The summed E-state index contributed by atoms with van der Waals surface area (Å²) in [6, 6.07) is 14.0. The summed E-state index contributed by atoms with van der Waals surface area (Å²) in [5.41, 5.74) is 1.37. The first kappa shape index (κ1) is 27.6. The Balaban J connectivity index is 1.61. The van der Waals surface area contributed by atoms with Crippen molar-refractivity contribution in [3.8, 4) is 5.75 Å². The van der Waals surface area contributed by atoms with E-state index in [2.05, 4.69) is 33.5 Å². The summed E-state index contributed by atoms with van der Waals surface area (Å²) in [4.78, 5) is 39.7. The summed E-state index contributed by atoms with van der Waals surface area (Å²) in [7, 11) is 0. The second-order valence-electron chi connectivity index (χ2n) is 8.26. The van der Waals surface area contributed by atoms with Crippen LogP contribution in [0.15, 0.2) is 53.0 Å². The van der Waals surface area contributed by atoms with E-state index in [4.69, 9.17) is 21.7 Å². The summed E-state index contributed by atoms with van der Waals surface area (Å²) in [5, 5.41) is 5.51. The minimum Gasteiger partial charge on any atom is -0.493 e. The molecule has 2 N–H and O–H groups in total. The van der Waals surface area contributed by atoms with Crippen molar-refractivity contribution < 1.29 is 23.9 Å². The van der Waals surface area contributed by atoms with E-state index in [9.17, 15) is 14.4 Å². The number of ether oxygens (including phenoxy) is 2. The number of hydrogen-bond acceptors (Lipinski definition) is 6. The van der Waals surface area contributed by atoms with Crippen molar-refractivity contribution >= 4 is 51.0 Å². The number of nitrogens with one attached hydrogen (secondary N) is 2. The Morgan fingerprint density at radius 3 is 2.72 bits per heavy atom. The predicted octanol–water partition coefficient (Wildman–Crippen LogP) is 3.62. The van der Waals surface area contributed by atoms with Crippen LogP contribution in [0.4, 0.5) is 0 Å². The van der Waals surface area contributed by atoms with Gasteiger partial charge in [-0.3, -0.25) is 19.7 Å². The Morgan fingerprint density at radius 1 is 1.19 bits per heavy atom. The molecule has 10 heteroatoms. The van der Waals surface area contributed by atoms with Gasteiger partial charge in [0.1, 0.15) is 11.8 Å². The van der Waals surface area contributed by atoms with Gasteiger partial charge in [0.15, 0.2) is 5.11 Å². The molecule has 192 valence electrons. The van der Waals surface area contributed by atoms with Crippen molar-refractivity contribution in [3.63, 3.8) is 0 Å². The van der Waals surface area contributed by atoms with Gasteiger partial charge in [0.05, 0.1) is 25.2 Å². The number of nitrogens with zero attached hydrogens (tertiary/aromatic N) is 1. The average Bonchev–Trinajstić information content (AvgIpc) is 2.86. The highest BCUT2D eigenvalue weighted by molar-refractivity contribution is 9.10. The molecule has 0 saturated carbocycles. The molecule has 0 aromatic heterocycles. The molecule has 0 aliphatic carbocycles. The van der Waals surface area contributed by atoms with Crippen LogP contribution in [-0.4, -0.2) is 60.1 Å². The van der Waals surface area contributed by atoms with Gasteiger partial charge in [-0.15, -0.1) is 0 Å². The number of esters is 1. The lowest BCUT2D eigenvalue weighted by Crippen LogP contribution is -2.60. The number of halogens is 1. The van der Waals surface area contributed by atoms with Gasteiger partial charge < -0.3 is 19.7 Å². The van der Waals surface area contributed by atoms with E-state index < -0.39 is 17.9 Å². The van der Waals surface area contributed by atoms with Gasteiger partial charge in [-0.1, -0.05) is 59.6 Å². The van der Waals surface area contributed by atoms with Crippen LogP contribution in [0.3, 0.4) is 0 Å². The van der Waals surface area contributed by atoms with Crippen molar-refractivity contribution in [2.24, 2.45) is 0 Å². The summed E-state index contributed by atoms with van der Waals surface area (Å²) in [5.74, 6) is -0.862. The number of hydrogen-bond donors (Lipinski definition) is 2. The van der Waals surface area contributed by atoms with E-state index in [0.717, 1.165) is 22.9 Å². The average molecular weight is 577 g/mol. The maximum atomic E-state index is 13.1. The predicted molar refractivity (Wildman–Crippen MR) is 144 cm³/mol. The SMILES string of the molecule is CCCCOc1ccc(Br)cc1C(=O)NC(=S)N1CCNC(=O)C1CC(=O)OCCc1ccccc1. The van der Waals surface area contributed by atoms with Crippen LogP contribution >= 0.6 is 28.1 Å². The lowest BCUT2D eigenvalue weighted by Gasteiger charge is -2.36. The number of carbonyl (C=O) groups is 3. The van der Waals surface area contributed by atoms with Crippen LogP contribution in [0.1, 0.15) is 42.1 Å². The largest absolute Gasteiger partial charge is 0.493 e. The van der Waals surface area contributed by atoms with E-state index in [0.29, 0.717) is 37.4 Å². The van der Waals surface area contributed by atoms with Crippen LogP contribution in [0.2, 0.25) is 0 Å². The molecule has 8 nitrogen and oxygen atoms in total. The maximum absolute atomic E-state index is 13.1. The Labute approximate surface area is 224 Å². The van der Waals surface area contributed by atoms with E-state index in [1.165, 1.54) is 0 Å². The molecule has 1 unspecified atom stereocenters. The highest BCUT2D eigenvalue weighted by atomic mass is 79.9. The summed E-state index contributed by atoms with van der Waals surface area (Å²) in [6.45, 7) is 3.45. The molecule has 2 aromatic rings. The molecule has 2 amide bonds. The first-order valence-electron chi connectivity index (χ1n) is 11.9. The van der Waals surface area contributed by atoms with Gasteiger partial charge in [0, 0.05) is 24.0 Å². The van der Waals surface area contributed by atoms with Gasteiger partial charge in [0.25, 0.3) is 5.91 Å². The lowest BCUT2D eigenvalue weighted by molar-refractivity contribution is -0.147. The normalized spacial score (nSPS) is 15.1. The fraction of sp³-hybridized carbons (Fsp3) is 0.385. The molecule has 1 aliphatic rings. The van der Waals surface area contributed by atoms with Crippen molar-refractivity contribution in [2.45, 2.75) is 38.6 Å². The molecular formula is C26H30BrN3O5S. The molecule has 0 spiro atoms.